The Morgan fingerprint density at radius 2 is 2.07 bits per heavy atom. The average molecular weight is 207 g/mol. The van der Waals surface area contributed by atoms with Crippen LogP contribution in [-0.4, -0.2) is 39.9 Å². The van der Waals surface area contributed by atoms with Crippen LogP contribution in [0.5, 0.6) is 0 Å². The Balaban J connectivity index is 2.02. The predicted octanol–water partition coefficient (Wildman–Crippen LogP) is 0.952. The van der Waals surface area contributed by atoms with E-state index in [-0.39, 0.29) is 12.6 Å². The molecule has 15 heavy (non-hydrogen) atoms. The van der Waals surface area contributed by atoms with Crippen LogP contribution >= 0.6 is 0 Å². The Kier molecular flexibility index (Phi) is 2.60. The van der Waals surface area contributed by atoms with Gasteiger partial charge in [-0.15, -0.1) is 0 Å². The van der Waals surface area contributed by atoms with Crippen molar-refractivity contribution in [2.45, 2.75) is 18.6 Å². The van der Waals surface area contributed by atoms with E-state index in [9.17, 15) is 9.90 Å². The quantitative estimate of drug-likeness (QED) is 0.759. The summed E-state index contributed by atoms with van der Waals surface area (Å²) in [6.07, 6.45) is -0.906. The predicted molar refractivity (Wildman–Crippen MR) is 54.7 cm³/mol. The molecule has 0 saturated carbocycles. The second-order valence-corrected chi connectivity index (χ2v) is 3.76. The molecule has 1 aliphatic heterocycles. The van der Waals surface area contributed by atoms with Gasteiger partial charge < -0.3 is 10.2 Å². The molecule has 4 heteroatoms. The third kappa shape index (κ3) is 1.94. The van der Waals surface area contributed by atoms with E-state index in [1.807, 2.05) is 30.3 Å². The maximum Gasteiger partial charge on any atom is 0.407 e. The number of nitrogens with zero attached hydrogens (tertiary/aromatic N) is 1. The maximum atomic E-state index is 10.7. The maximum absolute atomic E-state index is 10.7. The number of carbonyl (C=O) groups is 1. The minimum atomic E-state index is -0.957. The summed E-state index contributed by atoms with van der Waals surface area (Å²) in [7, 11) is 0. The second-order valence-electron chi connectivity index (χ2n) is 3.76. The summed E-state index contributed by atoms with van der Waals surface area (Å²) in [5, 5.41) is 18.3. The Hall–Kier alpha value is -1.55. The summed E-state index contributed by atoms with van der Waals surface area (Å²) >= 11 is 0. The molecule has 1 heterocycles. The van der Waals surface area contributed by atoms with Crippen LogP contribution in [-0.2, 0) is 6.42 Å². The largest absolute Gasteiger partial charge is 0.465 e. The molecule has 1 aromatic rings. The zero-order chi connectivity index (χ0) is 10.8. The van der Waals surface area contributed by atoms with Crippen LogP contribution in [0.25, 0.3) is 0 Å². The van der Waals surface area contributed by atoms with Crippen molar-refractivity contribution in [3.8, 4) is 0 Å². The topological polar surface area (TPSA) is 60.8 Å². The Morgan fingerprint density at radius 1 is 1.40 bits per heavy atom. The number of benzene rings is 1. The van der Waals surface area contributed by atoms with Crippen molar-refractivity contribution in [3.05, 3.63) is 35.9 Å². The summed E-state index contributed by atoms with van der Waals surface area (Å²) in [5.41, 5.74) is 1.05. The lowest BCUT2D eigenvalue weighted by Gasteiger charge is -2.43. The summed E-state index contributed by atoms with van der Waals surface area (Å²) < 4.78 is 0. The fourth-order valence-electron chi connectivity index (χ4n) is 1.85. The number of hydrogen-bond donors (Lipinski definition) is 2. The van der Waals surface area contributed by atoms with Gasteiger partial charge in [0, 0.05) is 0 Å². The highest BCUT2D eigenvalue weighted by Gasteiger charge is 2.40. The van der Waals surface area contributed by atoms with Gasteiger partial charge in [-0.3, -0.25) is 4.90 Å². The highest BCUT2D eigenvalue weighted by molar-refractivity contribution is 5.67. The van der Waals surface area contributed by atoms with E-state index in [1.165, 1.54) is 4.90 Å². The lowest BCUT2D eigenvalue weighted by Crippen LogP contribution is -2.62. The Labute approximate surface area is 87.8 Å². The van der Waals surface area contributed by atoms with Gasteiger partial charge in [0.1, 0.15) is 0 Å². The molecule has 0 spiro atoms. The van der Waals surface area contributed by atoms with E-state index in [1.54, 1.807) is 0 Å². The summed E-state index contributed by atoms with van der Waals surface area (Å²) in [4.78, 5) is 12.0. The van der Waals surface area contributed by atoms with Gasteiger partial charge in [-0.1, -0.05) is 30.3 Å². The number of amides is 1. The normalized spacial score (nSPS) is 24.7. The van der Waals surface area contributed by atoms with Gasteiger partial charge in [0.15, 0.2) is 0 Å². The van der Waals surface area contributed by atoms with Crippen LogP contribution in [0.2, 0.25) is 0 Å². The molecule has 2 atom stereocenters. The summed E-state index contributed by atoms with van der Waals surface area (Å²) in [5.74, 6) is 0. The molecule has 1 unspecified atom stereocenters. The monoisotopic (exact) mass is 207 g/mol. The third-order valence-electron chi connectivity index (χ3n) is 2.76. The van der Waals surface area contributed by atoms with Crippen molar-refractivity contribution in [3.63, 3.8) is 0 Å². The molecule has 2 N–H and O–H groups in total. The molecule has 4 nitrogen and oxygen atoms in total. The molecule has 80 valence electrons. The Bertz CT molecular complexity index is 352. The van der Waals surface area contributed by atoms with E-state index < -0.39 is 12.2 Å². The average Bonchev–Trinajstić information content (AvgIpc) is 2.23. The fraction of sp³-hybridized carbons (Fsp3) is 0.364. The first-order chi connectivity index (χ1) is 7.18. The van der Waals surface area contributed by atoms with Crippen molar-refractivity contribution in [1.29, 1.82) is 0 Å². The first kappa shape index (κ1) is 9.98. The van der Waals surface area contributed by atoms with Crippen LogP contribution < -0.4 is 0 Å². The number of aliphatic hydroxyl groups excluding tert-OH is 1. The van der Waals surface area contributed by atoms with Crippen LogP contribution in [0, 0.1) is 0 Å². The van der Waals surface area contributed by atoms with Gasteiger partial charge in [-0.05, 0) is 12.0 Å². The number of hydrogen-bond acceptors (Lipinski definition) is 2. The second kappa shape index (κ2) is 3.90. The van der Waals surface area contributed by atoms with E-state index in [0.29, 0.717) is 6.42 Å². The van der Waals surface area contributed by atoms with Gasteiger partial charge in [0.25, 0.3) is 0 Å². The minimum Gasteiger partial charge on any atom is -0.465 e. The van der Waals surface area contributed by atoms with Crippen molar-refractivity contribution in [2.75, 3.05) is 6.54 Å². The van der Waals surface area contributed by atoms with Crippen molar-refractivity contribution < 1.29 is 15.0 Å². The molecule has 2 rings (SSSR count). The molecular formula is C11H13NO3. The molecule has 1 aromatic carbocycles. The van der Waals surface area contributed by atoms with Gasteiger partial charge >= 0.3 is 6.09 Å². The van der Waals surface area contributed by atoms with Gasteiger partial charge in [0.2, 0.25) is 0 Å². The number of carboxylic acid groups (broad SMARTS) is 1. The molecule has 1 aliphatic rings. The summed E-state index contributed by atoms with van der Waals surface area (Å²) in [6, 6.07) is 9.31. The van der Waals surface area contributed by atoms with E-state index in [2.05, 4.69) is 0 Å². The van der Waals surface area contributed by atoms with Crippen LogP contribution in [0.4, 0.5) is 4.79 Å². The number of aliphatic hydroxyl groups is 1. The molecule has 1 saturated heterocycles. The zero-order valence-electron chi connectivity index (χ0n) is 8.21. The molecular weight excluding hydrogens is 194 g/mol. The van der Waals surface area contributed by atoms with Gasteiger partial charge in [-0.2, -0.15) is 0 Å². The molecule has 1 fully saturated rings. The Morgan fingerprint density at radius 3 is 2.60 bits per heavy atom. The highest BCUT2D eigenvalue weighted by Crippen LogP contribution is 2.22. The van der Waals surface area contributed by atoms with E-state index in [0.717, 1.165) is 5.56 Å². The standard InChI is InChI=1S/C11H13NO3/c13-10-7-12(11(14)15)9(10)6-8-4-2-1-3-5-8/h1-5,9-10,13H,6-7H2,(H,14,15)/t9-,10?/m0/s1. The molecule has 0 radical (unpaired) electrons. The molecule has 0 aromatic heterocycles. The third-order valence-corrected chi connectivity index (χ3v) is 2.76. The molecule has 0 bridgehead atoms. The lowest BCUT2D eigenvalue weighted by molar-refractivity contribution is -0.0456. The van der Waals surface area contributed by atoms with E-state index in [4.69, 9.17) is 5.11 Å². The highest BCUT2D eigenvalue weighted by atomic mass is 16.4. The van der Waals surface area contributed by atoms with Crippen molar-refractivity contribution in [1.82, 2.24) is 4.90 Å². The summed E-state index contributed by atoms with van der Waals surface area (Å²) in [6.45, 7) is 0.229. The van der Waals surface area contributed by atoms with Crippen molar-refractivity contribution in [2.24, 2.45) is 0 Å². The SMILES string of the molecule is O=C(O)N1CC(O)[C@@H]1Cc1ccccc1. The first-order valence-corrected chi connectivity index (χ1v) is 4.90. The number of β-amino-alcohol motifs (C(OH)–C–C–N with tert-alkyl or cyclic N) is 1. The minimum absolute atomic E-state index is 0.229. The van der Waals surface area contributed by atoms with Gasteiger partial charge in [0.05, 0.1) is 18.7 Å². The number of rotatable bonds is 2. The first-order valence-electron chi connectivity index (χ1n) is 4.90. The molecule has 0 aliphatic carbocycles. The van der Waals surface area contributed by atoms with E-state index >= 15 is 0 Å². The zero-order valence-corrected chi connectivity index (χ0v) is 8.21. The lowest BCUT2D eigenvalue weighted by atomic mass is 9.93. The van der Waals surface area contributed by atoms with Crippen LogP contribution in [0.15, 0.2) is 30.3 Å². The fourth-order valence-corrected chi connectivity index (χ4v) is 1.85. The smallest absolute Gasteiger partial charge is 0.407 e. The molecule has 1 amide bonds. The van der Waals surface area contributed by atoms with Crippen LogP contribution in [0.1, 0.15) is 5.56 Å². The van der Waals surface area contributed by atoms with Gasteiger partial charge in [-0.25, -0.2) is 4.79 Å². The van der Waals surface area contributed by atoms with Crippen LogP contribution in [0.3, 0.4) is 0 Å². The van der Waals surface area contributed by atoms with Crippen molar-refractivity contribution >= 4 is 6.09 Å². The number of likely N-dealkylation sites (tertiary alicyclic amines) is 1.